The molecule has 0 atom stereocenters. The number of aryl methyl sites for hydroxylation is 3. The lowest BCUT2D eigenvalue weighted by Gasteiger charge is -2.11. The predicted octanol–water partition coefficient (Wildman–Crippen LogP) is 2.43. The Labute approximate surface area is 106 Å². The second-order valence-electron chi connectivity index (χ2n) is 4.22. The van der Waals surface area contributed by atoms with Crippen molar-refractivity contribution in [2.24, 2.45) is 5.73 Å². The zero-order valence-electron chi connectivity index (χ0n) is 10.2. The topological polar surface area (TPSA) is 43.8 Å². The molecule has 0 saturated heterocycles. The molecule has 1 aromatic heterocycles. The summed E-state index contributed by atoms with van der Waals surface area (Å²) in [6.45, 7) is 6.01. The van der Waals surface area contributed by atoms with Gasteiger partial charge in [-0.3, -0.25) is 0 Å². The second-order valence-corrected chi connectivity index (χ2v) is 4.66. The minimum Gasteiger partial charge on any atom is -0.389 e. The maximum atomic E-state index is 5.77. The van der Waals surface area contributed by atoms with Gasteiger partial charge in [0.2, 0.25) is 0 Å². The lowest BCUT2D eigenvalue weighted by molar-refractivity contribution is 0.831. The molecule has 0 fully saturated rings. The molecule has 2 rings (SSSR count). The Morgan fingerprint density at radius 1 is 1.24 bits per heavy atom. The monoisotopic (exact) mass is 245 g/mol. The van der Waals surface area contributed by atoms with E-state index in [9.17, 15) is 0 Å². The molecule has 0 spiro atoms. The van der Waals surface area contributed by atoms with Crippen LogP contribution in [-0.4, -0.2) is 14.8 Å². The highest BCUT2D eigenvalue weighted by atomic mass is 32.1. The standard InChI is InChI=1S/C13H15N3S/c1-8-4-5-12(11(6-8)13(14)17)16-10(3)7-9(2)15-16/h4-7H,1-3H3,(H2,14,17). The van der Waals surface area contributed by atoms with Gasteiger partial charge in [0.05, 0.1) is 11.4 Å². The van der Waals surface area contributed by atoms with E-state index in [0.717, 1.165) is 28.2 Å². The van der Waals surface area contributed by atoms with Crippen molar-refractivity contribution in [1.82, 2.24) is 9.78 Å². The molecule has 0 unspecified atom stereocenters. The Morgan fingerprint density at radius 2 is 1.94 bits per heavy atom. The molecule has 0 saturated carbocycles. The lowest BCUT2D eigenvalue weighted by Crippen LogP contribution is -2.14. The third-order valence-electron chi connectivity index (χ3n) is 2.66. The molecule has 4 heteroatoms. The Morgan fingerprint density at radius 3 is 2.47 bits per heavy atom. The van der Waals surface area contributed by atoms with Crippen molar-refractivity contribution in [3.63, 3.8) is 0 Å². The first-order valence-electron chi connectivity index (χ1n) is 5.43. The van der Waals surface area contributed by atoms with E-state index < -0.39 is 0 Å². The van der Waals surface area contributed by atoms with Gasteiger partial charge in [0.25, 0.3) is 0 Å². The van der Waals surface area contributed by atoms with Gasteiger partial charge in [-0.05, 0) is 39.0 Å². The van der Waals surface area contributed by atoms with Gasteiger partial charge in [0.15, 0.2) is 0 Å². The van der Waals surface area contributed by atoms with E-state index in [-0.39, 0.29) is 0 Å². The van der Waals surface area contributed by atoms with Crippen LogP contribution in [0.2, 0.25) is 0 Å². The van der Waals surface area contributed by atoms with Gasteiger partial charge < -0.3 is 5.73 Å². The molecule has 0 amide bonds. The Bertz CT molecular complexity index is 584. The summed E-state index contributed by atoms with van der Waals surface area (Å²) in [7, 11) is 0. The maximum Gasteiger partial charge on any atom is 0.106 e. The van der Waals surface area contributed by atoms with Gasteiger partial charge in [-0.1, -0.05) is 23.8 Å². The first kappa shape index (κ1) is 11.8. The van der Waals surface area contributed by atoms with Gasteiger partial charge >= 0.3 is 0 Å². The zero-order chi connectivity index (χ0) is 12.6. The normalized spacial score (nSPS) is 10.5. The molecule has 17 heavy (non-hydrogen) atoms. The van der Waals surface area contributed by atoms with Crippen molar-refractivity contribution in [1.29, 1.82) is 0 Å². The smallest absolute Gasteiger partial charge is 0.106 e. The minimum atomic E-state index is 0.399. The van der Waals surface area contributed by atoms with Gasteiger partial charge in [-0.2, -0.15) is 5.10 Å². The number of hydrogen-bond acceptors (Lipinski definition) is 2. The molecular formula is C13H15N3S. The number of nitrogens with two attached hydrogens (primary N) is 1. The van der Waals surface area contributed by atoms with E-state index >= 15 is 0 Å². The van der Waals surface area contributed by atoms with Crippen molar-refractivity contribution >= 4 is 17.2 Å². The summed E-state index contributed by atoms with van der Waals surface area (Å²) in [4.78, 5) is 0.399. The molecule has 2 N–H and O–H groups in total. The van der Waals surface area contributed by atoms with Crippen LogP contribution in [-0.2, 0) is 0 Å². The molecule has 0 aliphatic heterocycles. The molecule has 0 radical (unpaired) electrons. The molecule has 0 aliphatic rings. The van der Waals surface area contributed by atoms with Crippen LogP contribution < -0.4 is 5.73 Å². The molecule has 0 aliphatic carbocycles. The van der Waals surface area contributed by atoms with Crippen LogP contribution in [0.3, 0.4) is 0 Å². The van der Waals surface area contributed by atoms with Crippen molar-refractivity contribution < 1.29 is 0 Å². The first-order valence-corrected chi connectivity index (χ1v) is 5.84. The summed E-state index contributed by atoms with van der Waals surface area (Å²) >= 11 is 5.10. The molecule has 3 nitrogen and oxygen atoms in total. The average Bonchev–Trinajstić information content (AvgIpc) is 2.57. The van der Waals surface area contributed by atoms with Crippen LogP contribution in [0.1, 0.15) is 22.5 Å². The first-order chi connectivity index (χ1) is 7.99. The van der Waals surface area contributed by atoms with Crippen molar-refractivity contribution in [3.05, 3.63) is 46.8 Å². The lowest BCUT2D eigenvalue weighted by atomic mass is 10.1. The Kier molecular flexibility index (Phi) is 2.98. The van der Waals surface area contributed by atoms with E-state index in [4.69, 9.17) is 18.0 Å². The molecule has 88 valence electrons. The summed E-state index contributed by atoms with van der Waals surface area (Å²) in [5.74, 6) is 0. The van der Waals surface area contributed by atoms with Gasteiger partial charge in [0, 0.05) is 11.3 Å². The second kappa shape index (κ2) is 4.30. The van der Waals surface area contributed by atoms with Gasteiger partial charge in [0.1, 0.15) is 4.99 Å². The molecule has 2 aromatic rings. The Hall–Kier alpha value is -1.68. The maximum absolute atomic E-state index is 5.77. The summed E-state index contributed by atoms with van der Waals surface area (Å²) in [6, 6.07) is 8.06. The molecule has 1 aromatic carbocycles. The zero-order valence-corrected chi connectivity index (χ0v) is 11.0. The van der Waals surface area contributed by atoms with Crippen molar-refractivity contribution in [3.8, 4) is 5.69 Å². The third-order valence-corrected chi connectivity index (χ3v) is 2.88. The minimum absolute atomic E-state index is 0.399. The summed E-state index contributed by atoms with van der Waals surface area (Å²) in [5.41, 5.74) is 10.8. The number of nitrogens with zero attached hydrogens (tertiary/aromatic N) is 2. The molecule has 0 bridgehead atoms. The number of hydrogen-bond donors (Lipinski definition) is 1. The third kappa shape index (κ3) is 2.22. The van der Waals surface area contributed by atoms with Crippen LogP contribution in [0.4, 0.5) is 0 Å². The van der Waals surface area contributed by atoms with E-state index in [2.05, 4.69) is 5.10 Å². The number of aromatic nitrogens is 2. The van der Waals surface area contributed by atoms with Crippen LogP contribution in [0, 0.1) is 20.8 Å². The highest BCUT2D eigenvalue weighted by molar-refractivity contribution is 7.80. The highest BCUT2D eigenvalue weighted by Gasteiger charge is 2.10. The quantitative estimate of drug-likeness (QED) is 0.826. The summed E-state index contributed by atoms with van der Waals surface area (Å²) in [5, 5.41) is 4.45. The van der Waals surface area contributed by atoms with Crippen molar-refractivity contribution in [2.75, 3.05) is 0 Å². The summed E-state index contributed by atoms with van der Waals surface area (Å²) in [6.07, 6.45) is 0. The van der Waals surface area contributed by atoms with Crippen LogP contribution in [0.15, 0.2) is 24.3 Å². The fourth-order valence-electron chi connectivity index (χ4n) is 1.90. The Balaban J connectivity index is 2.67. The van der Waals surface area contributed by atoms with Crippen molar-refractivity contribution in [2.45, 2.75) is 20.8 Å². The summed E-state index contributed by atoms with van der Waals surface area (Å²) < 4.78 is 1.88. The number of rotatable bonds is 2. The fourth-order valence-corrected chi connectivity index (χ4v) is 2.07. The SMILES string of the molecule is Cc1ccc(-n2nc(C)cc2C)c(C(N)=S)c1. The molecule has 1 heterocycles. The van der Waals surface area contributed by atoms with Crippen LogP contribution in [0.5, 0.6) is 0 Å². The van der Waals surface area contributed by atoms with Gasteiger partial charge in [-0.15, -0.1) is 0 Å². The van der Waals surface area contributed by atoms with E-state index in [1.54, 1.807) is 0 Å². The number of benzene rings is 1. The van der Waals surface area contributed by atoms with E-state index in [1.807, 2.05) is 49.7 Å². The molecular weight excluding hydrogens is 230 g/mol. The van der Waals surface area contributed by atoms with Gasteiger partial charge in [-0.25, -0.2) is 4.68 Å². The predicted molar refractivity (Wildman–Crippen MR) is 73.7 cm³/mol. The van der Waals surface area contributed by atoms with Crippen LogP contribution >= 0.6 is 12.2 Å². The fraction of sp³-hybridized carbons (Fsp3) is 0.231. The van der Waals surface area contributed by atoms with E-state index in [0.29, 0.717) is 4.99 Å². The largest absolute Gasteiger partial charge is 0.389 e. The van der Waals surface area contributed by atoms with E-state index in [1.165, 1.54) is 0 Å². The number of thiocarbonyl (C=S) groups is 1. The van der Waals surface area contributed by atoms with Crippen LogP contribution in [0.25, 0.3) is 5.69 Å². The highest BCUT2D eigenvalue weighted by Crippen LogP contribution is 2.18. The average molecular weight is 245 g/mol.